The van der Waals surface area contributed by atoms with Crippen LogP contribution in [0, 0.1) is 16.2 Å². The number of ketones is 1. The minimum atomic E-state index is -0.587. The number of Topliss-reactive ketones (excluding diaryl/α,β-unsaturated/α-hetero) is 1. The molecular weight excluding hydrogens is 322 g/mol. The van der Waals surface area contributed by atoms with Crippen LogP contribution in [0.3, 0.4) is 0 Å². The average Bonchev–Trinajstić information content (AvgIpc) is 2.71. The number of hydrogen-bond acceptors (Lipinski definition) is 3. The predicted molar refractivity (Wildman–Crippen MR) is 78.7 cm³/mol. The molecule has 0 spiro atoms. The van der Waals surface area contributed by atoms with Crippen LogP contribution in [0.25, 0.3) is 0 Å². The fraction of sp³-hybridized carbons (Fsp3) is 0.867. The van der Waals surface area contributed by atoms with Crippen molar-refractivity contribution < 1.29 is 14.3 Å². The highest BCUT2D eigenvalue weighted by Crippen LogP contribution is 2.72. The molecule has 1 amide bonds. The van der Waals surface area contributed by atoms with Gasteiger partial charge in [-0.15, -0.1) is 0 Å². The SMILES string of the molecule is CC1(C)[C@]2(C)CC[C@@]1(C(=O)N1CCOCC1)[C@H](Br)C2=O. The van der Waals surface area contributed by atoms with E-state index in [0.717, 1.165) is 12.8 Å². The fourth-order valence-electron chi connectivity index (χ4n) is 4.47. The molecule has 2 aliphatic carbocycles. The third kappa shape index (κ3) is 1.41. The van der Waals surface area contributed by atoms with Crippen LogP contribution < -0.4 is 0 Å². The molecule has 5 heteroatoms. The van der Waals surface area contributed by atoms with Gasteiger partial charge in [0.15, 0.2) is 5.78 Å². The minimum absolute atomic E-state index is 0.141. The largest absolute Gasteiger partial charge is 0.378 e. The van der Waals surface area contributed by atoms with Crippen molar-refractivity contribution in [1.29, 1.82) is 0 Å². The highest BCUT2D eigenvalue weighted by atomic mass is 79.9. The minimum Gasteiger partial charge on any atom is -0.378 e. The van der Waals surface area contributed by atoms with E-state index < -0.39 is 5.41 Å². The summed E-state index contributed by atoms with van der Waals surface area (Å²) in [7, 11) is 0. The molecule has 3 rings (SSSR count). The molecule has 0 aromatic rings. The molecule has 1 saturated heterocycles. The Kier molecular flexibility index (Phi) is 3.11. The highest BCUT2D eigenvalue weighted by molar-refractivity contribution is 9.10. The van der Waals surface area contributed by atoms with Gasteiger partial charge in [0.2, 0.25) is 5.91 Å². The zero-order chi connectivity index (χ0) is 14.8. The molecule has 3 aliphatic rings. The van der Waals surface area contributed by atoms with Crippen molar-refractivity contribution in [2.75, 3.05) is 26.3 Å². The van der Waals surface area contributed by atoms with Crippen molar-refractivity contribution >= 4 is 27.6 Å². The monoisotopic (exact) mass is 343 g/mol. The van der Waals surface area contributed by atoms with Crippen LogP contribution in [-0.4, -0.2) is 47.7 Å². The lowest BCUT2D eigenvalue weighted by Gasteiger charge is -2.43. The molecular formula is C15H22BrNO3. The van der Waals surface area contributed by atoms with Crippen LogP contribution >= 0.6 is 15.9 Å². The molecule has 3 fully saturated rings. The van der Waals surface area contributed by atoms with E-state index in [1.807, 2.05) is 11.8 Å². The van der Waals surface area contributed by atoms with Gasteiger partial charge in [0, 0.05) is 18.5 Å². The third-order valence-corrected chi connectivity index (χ3v) is 7.60. The quantitative estimate of drug-likeness (QED) is 0.684. The van der Waals surface area contributed by atoms with Gasteiger partial charge in [0.1, 0.15) is 0 Å². The van der Waals surface area contributed by atoms with Crippen molar-refractivity contribution in [3.63, 3.8) is 0 Å². The summed E-state index contributed by atoms with van der Waals surface area (Å²) in [5.74, 6) is 0.345. The van der Waals surface area contributed by atoms with E-state index in [0.29, 0.717) is 26.3 Å². The number of morpholine rings is 1. The molecule has 4 nitrogen and oxygen atoms in total. The number of halogens is 1. The average molecular weight is 344 g/mol. The predicted octanol–water partition coefficient (Wildman–Crippen LogP) is 2.00. The van der Waals surface area contributed by atoms with Crippen LogP contribution in [-0.2, 0) is 14.3 Å². The first kappa shape index (κ1) is 14.5. The second-order valence-corrected chi connectivity index (χ2v) is 7.98. The summed E-state index contributed by atoms with van der Waals surface area (Å²) < 4.78 is 5.34. The standard InChI is InChI=1S/C15H22BrNO3/c1-13(2)14(3)4-5-15(13,10(16)11(14)18)12(19)17-6-8-20-9-7-17/h10H,4-9H2,1-3H3/t10-,14-,15+/m1/s1. The van der Waals surface area contributed by atoms with Crippen molar-refractivity contribution in [2.24, 2.45) is 16.2 Å². The molecule has 3 atom stereocenters. The Morgan fingerprint density at radius 2 is 1.85 bits per heavy atom. The zero-order valence-corrected chi connectivity index (χ0v) is 14.0. The van der Waals surface area contributed by atoms with Crippen LogP contribution in [0.5, 0.6) is 0 Å². The van der Waals surface area contributed by atoms with Crippen molar-refractivity contribution in [1.82, 2.24) is 4.90 Å². The Morgan fingerprint density at radius 1 is 1.25 bits per heavy atom. The Balaban J connectivity index is 2.02. The number of hydrogen-bond donors (Lipinski definition) is 0. The molecule has 1 aliphatic heterocycles. The van der Waals surface area contributed by atoms with Crippen molar-refractivity contribution in [3.8, 4) is 0 Å². The van der Waals surface area contributed by atoms with Crippen LogP contribution in [0.1, 0.15) is 33.6 Å². The van der Waals surface area contributed by atoms with Gasteiger partial charge in [0.25, 0.3) is 0 Å². The summed E-state index contributed by atoms with van der Waals surface area (Å²) in [6.07, 6.45) is 1.62. The van der Waals surface area contributed by atoms with E-state index >= 15 is 0 Å². The Bertz CT molecular complexity index is 472. The van der Waals surface area contributed by atoms with E-state index in [1.54, 1.807) is 0 Å². The first-order valence-electron chi connectivity index (χ1n) is 7.34. The van der Waals surface area contributed by atoms with Gasteiger partial charge < -0.3 is 9.64 Å². The Morgan fingerprint density at radius 3 is 2.35 bits per heavy atom. The Hall–Kier alpha value is -0.420. The number of ether oxygens (including phenoxy) is 1. The van der Waals surface area contributed by atoms with Gasteiger partial charge >= 0.3 is 0 Å². The second kappa shape index (κ2) is 4.29. The van der Waals surface area contributed by atoms with E-state index in [2.05, 4.69) is 29.8 Å². The number of nitrogens with zero attached hydrogens (tertiary/aromatic N) is 1. The number of carbonyl (C=O) groups is 2. The van der Waals surface area contributed by atoms with Gasteiger partial charge in [-0.3, -0.25) is 9.59 Å². The maximum absolute atomic E-state index is 13.2. The molecule has 0 unspecified atom stereocenters. The maximum Gasteiger partial charge on any atom is 0.231 e. The van der Waals surface area contributed by atoms with E-state index in [-0.39, 0.29) is 27.3 Å². The van der Waals surface area contributed by atoms with E-state index in [1.165, 1.54) is 0 Å². The molecule has 1 heterocycles. The summed E-state index contributed by atoms with van der Waals surface area (Å²) in [5, 5.41) is 0. The van der Waals surface area contributed by atoms with Crippen LogP contribution in [0.4, 0.5) is 0 Å². The lowest BCUT2D eigenvalue weighted by molar-refractivity contribution is -0.151. The van der Waals surface area contributed by atoms with Crippen molar-refractivity contribution in [3.05, 3.63) is 0 Å². The normalized spacial score (nSPS) is 43.1. The maximum atomic E-state index is 13.2. The molecule has 2 bridgehead atoms. The first-order valence-corrected chi connectivity index (χ1v) is 8.26. The lowest BCUT2D eigenvalue weighted by Crippen LogP contribution is -2.54. The molecule has 0 aromatic carbocycles. The summed E-state index contributed by atoms with van der Waals surface area (Å²) in [4.78, 5) is 27.4. The highest BCUT2D eigenvalue weighted by Gasteiger charge is 2.77. The molecule has 0 radical (unpaired) electrons. The fourth-order valence-corrected chi connectivity index (χ4v) is 5.98. The molecule has 0 aromatic heterocycles. The molecule has 2 saturated carbocycles. The molecule has 0 N–H and O–H groups in total. The molecule has 112 valence electrons. The van der Waals surface area contributed by atoms with Crippen LogP contribution in [0.2, 0.25) is 0 Å². The second-order valence-electron chi connectivity index (χ2n) is 7.06. The third-order valence-electron chi connectivity index (χ3n) is 6.40. The van der Waals surface area contributed by atoms with Gasteiger partial charge in [0.05, 0.1) is 23.5 Å². The van der Waals surface area contributed by atoms with Crippen LogP contribution in [0.15, 0.2) is 0 Å². The molecule has 20 heavy (non-hydrogen) atoms. The van der Waals surface area contributed by atoms with Gasteiger partial charge in [-0.2, -0.15) is 0 Å². The van der Waals surface area contributed by atoms with E-state index in [4.69, 9.17) is 4.74 Å². The van der Waals surface area contributed by atoms with Gasteiger partial charge in [-0.1, -0.05) is 36.7 Å². The van der Waals surface area contributed by atoms with Gasteiger partial charge in [-0.05, 0) is 18.3 Å². The van der Waals surface area contributed by atoms with E-state index in [9.17, 15) is 9.59 Å². The summed E-state index contributed by atoms with van der Waals surface area (Å²) in [6.45, 7) is 8.70. The number of rotatable bonds is 1. The summed E-state index contributed by atoms with van der Waals surface area (Å²) in [5.41, 5.74) is -1.28. The number of amides is 1. The number of alkyl halides is 1. The number of fused-ring (bicyclic) bond motifs is 2. The van der Waals surface area contributed by atoms with Gasteiger partial charge in [-0.25, -0.2) is 0 Å². The van der Waals surface area contributed by atoms with Crippen molar-refractivity contribution in [2.45, 2.75) is 38.4 Å². The Labute approximate surface area is 128 Å². The first-order chi connectivity index (χ1) is 9.29. The summed E-state index contributed by atoms with van der Waals surface area (Å²) >= 11 is 3.57. The number of carbonyl (C=O) groups excluding carboxylic acids is 2. The summed E-state index contributed by atoms with van der Waals surface area (Å²) in [6, 6.07) is 0. The lowest BCUT2D eigenvalue weighted by atomic mass is 9.64. The smallest absolute Gasteiger partial charge is 0.231 e. The topological polar surface area (TPSA) is 46.6 Å². The zero-order valence-electron chi connectivity index (χ0n) is 12.4.